The number of alkyl halides is 1. The standard InChI is InChI=1S/C13H15BrClNO2/c14-11-5-2-1-4-9(11)8-10-12(15)6-3-7-13(10)16(17)18/h3,6-7,9,11H,1-2,4-5,8H2. The Balaban J connectivity index is 2.24. The van der Waals surface area contributed by atoms with Crippen LogP contribution in [-0.4, -0.2) is 9.75 Å². The van der Waals surface area contributed by atoms with E-state index in [-0.39, 0.29) is 10.6 Å². The molecule has 1 aromatic rings. The molecule has 0 bridgehead atoms. The predicted octanol–water partition coefficient (Wildman–Crippen LogP) is 4.74. The van der Waals surface area contributed by atoms with Crippen molar-refractivity contribution in [3.05, 3.63) is 38.9 Å². The van der Waals surface area contributed by atoms with Crippen molar-refractivity contribution in [2.45, 2.75) is 36.9 Å². The molecule has 1 aliphatic carbocycles. The molecule has 0 N–H and O–H groups in total. The molecule has 1 fully saturated rings. The molecule has 0 spiro atoms. The van der Waals surface area contributed by atoms with E-state index in [1.165, 1.54) is 18.9 Å². The summed E-state index contributed by atoms with van der Waals surface area (Å²) in [5.41, 5.74) is 0.827. The second-order valence-electron chi connectivity index (χ2n) is 4.76. The van der Waals surface area contributed by atoms with Crippen LogP contribution in [0.2, 0.25) is 5.02 Å². The lowest BCUT2D eigenvalue weighted by molar-refractivity contribution is -0.385. The average molecular weight is 333 g/mol. The highest BCUT2D eigenvalue weighted by molar-refractivity contribution is 9.09. The Bertz CT molecular complexity index is 453. The van der Waals surface area contributed by atoms with Crippen molar-refractivity contribution in [2.24, 2.45) is 5.92 Å². The highest BCUT2D eigenvalue weighted by atomic mass is 79.9. The normalized spacial score (nSPS) is 23.9. The minimum atomic E-state index is -0.340. The lowest BCUT2D eigenvalue weighted by Crippen LogP contribution is -2.21. The quantitative estimate of drug-likeness (QED) is 0.455. The molecular weight excluding hydrogens is 318 g/mol. The Morgan fingerprint density at radius 1 is 1.39 bits per heavy atom. The second kappa shape index (κ2) is 6.02. The Morgan fingerprint density at radius 2 is 2.11 bits per heavy atom. The summed E-state index contributed by atoms with van der Waals surface area (Å²) in [5, 5.41) is 11.5. The second-order valence-corrected chi connectivity index (χ2v) is 6.34. The predicted molar refractivity (Wildman–Crippen MR) is 76.5 cm³/mol. The van der Waals surface area contributed by atoms with Crippen molar-refractivity contribution in [1.29, 1.82) is 0 Å². The molecule has 2 atom stereocenters. The maximum atomic E-state index is 11.0. The molecule has 0 amide bonds. The molecule has 0 saturated heterocycles. The van der Waals surface area contributed by atoms with E-state index in [1.54, 1.807) is 12.1 Å². The van der Waals surface area contributed by atoms with Crippen LogP contribution >= 0.6 is 27.5 Å². The third kappa shape index (κ3) is 3.04. The Morgan fingerprint density at radius 3 is 2.78 bits per heavy atom. The molecule has 1 saturated carbocycles. The van der Waals surface area contributed by atoms with Crippen LogP contribution in [0.1, 0.15) is 31.2 Å². The molecule has 2 rings (SSSR count). The van der Waals surface area contributed by atoms with Crippen molar-refractivity contribution in [3.63, 3.8) is 0 Å². The Kier molecular flexibility index (Phi) is 4.62. The maximum Gasteiger partial charge on any atom is 0.274 e. The van der Waals surface area contributed by atoms with E-state index < -0.39 is 0 Å². The lowest BCUT2D eigenvalue weighted by atomic mass is 9.84. The minimum Gasteiger partial charge on any atom is -0.258 e. The van der Waals surface area contributed by atoms with Gasteiger partial charge in [0, 0.05) is 16.5 Å². The molecule has 98 valence electrons. The van der Waals surface area contributed by atoms with E-state index in [2.05, 4.69) is 15.9 Å². The van der Waals surface area contributed by atoms with Gasteiger partial charge in [0.25, 0.3) is 5.69 Å². The van der Waals surface area contributed by atoms with Crippen LogP contribution in [0.3, 0.4) is 0 Å². The maximum absolute atomic E-state index is 11.0. The van der Waals surface area contributed by atoms with Gasteiger partial charge in [0.1, 0.15) is 0 Å². The minimum absolute atomic E-state index is 0.146. The summed E-state index contributed by atoms with van der Waals surface area (Å²) in [6.07, 6.45) is 5.37. The molecule has 2 unspecified atom stereocenters. The third-order valence-electron chi connectivity index (χ3n) is 3.57. The fraction of sp³-hybridized carbons (Fsp3) is 0.538. The first-order valence-corrected chi connectivity index (χ1v) is 7.45. The summed E-state index contributed by atoms with van der Waals surface area (Å²) in [5.74, 6) is 0.442. The van der Waals surface area contributed by atoms with E-state index in [1.807, 2.05) is 0 Å². The SMILES string of the molecule is O=[N+]([O-])c1cccc(Cl)c1CC1CCCCC1Br. The number of nitro groups is 1. The average Bonchev–Trinajstić information content (AvgIpc) is 2.34. The van der Waals surface area contributed by atoms with Gasteiger partial charge in [0.05, 0.1) is 9.95 Å². The summed E-state index contributed by atoms with van der Waals surface area (Å²) in [6.45, 7) is 0. The zero-order chi connectivity index (χ0) is 13.1. The summed E-state index contributed by atoms with van der Waals surface area (Å²) in [7, 11) is 0. The monoisotopic (exact) mass is 331 g/mol. The van der Waals surface area contributed by atoms with Crippen LogP contribution in [0.15, 0.2) is 18.2 Å². The molecule has 1 aromatic carbocycles. The number of rotatable bonds is 3. The zero-order valence-corrected chi connectivity index (χ0v) is 12.3. The fourth-order valence-corrected chi connectivity index (χ4v) is 3.60. The van der Waals surface area contributed by atoms with Gasteiger partial charge in [-0.2, -0.15) is 0 Å². The van der Waals surface area contributed by atoms with Crippen LogP contribution in [-0.2, 0) is 6.42 Å². The first-order chi connectivity index (χ1) is 8.59. The highest BCUT2D eigenvalue weighted by Gasteiger charge is 2.27. The van der Waals surface area contributed by atoms with Crippen molar-refractivity contribution in [1.82, 2.24) is 0 Å². The van der Waals surface area contributed by atoms with Crippen LogP contribution in [0.4, 0.5) is 5.69 Å². The van der Waals surface area contributed by atoms with Crippen molar-refractivity contribution < 1.29 is 4.92 Å². The Hall–Kier alpha value is -0.610. The summed E-state index contributed by atoms with van der Waals surface area (Å²) in [4.78, 5) is 11.1. The fourth-order valence-electron chi connectivity index (χ4n) is 2.57. The topological polar surface area (TPSA) is 43.1 Å². The molecule has 0 aromatic heterocycles. The first kappa shape index (κ1) is 13.8. The Labute approximate surface area is 120 Å². The van der Waals surface area contributed by atoms with E-state index in [0.717, 1.165) is 12.8 Å². The summed E-state index contributed by atoms with van der Waals surface area (Å²) >= 11 is 9.81. The van der Waals surface area contributed by atoms with E-state index in [9.17, 15) is 10.1 Å². The van der Waals surface area contributed by atoms with Gasteiger partial charge in [-0.05, 0) is 31.2 Å². The zero-order valence-electron chi connectivity index (χ0n) is 9.94. The number of hydrogen-bond acceptors (Lipinski definition) is 2. The molecule has 0 aliphatic heterocycles. The van der Waals surface area contributed by atoms with Crippen LogP contribution in [0.25, 0.3) is 0 Å². The van der Waals surface area contributed by atoms with Crippen molar-refractivity contribution >= 4 is 33.2 Å². The van der Waals surface area contributed by atoms with Crippen molar-refractivity contribution in [2.75, 3.05) is 0 Å². The lowest BCUT2D eigenvalue weighted by Gasteiger charge is -2.27. The smallest absolute Gasteiger partial charge is 0.258 e. The van der Waals surface area contributed by atoms with Gasteiger partial charge < -0.3 is 0 Å². The van der Waals surface area contributed by atoms with Gasteiger partial charge in [0.15, 0.2) is 0 Å². The van der Waals surface area contributed by atoms with Gasteiger partial charge in [-0.3, -0.25) is 10.1 Å². The molecule has 5 heteroatoms. The summed E-state index contributed by atoms with van der Waals surface area (Å²) < 4.78 is 0. The highest BCUT2D eigenvalue weighted by Crippen LogP contribution is 2.36. The van der Waals surface area contributed by atoms with Crippen LogP contribution < -0.4 is 0 Å². The van der Waals surface area contributed by atoms with E-state index in [0.29, 0.717) is 27.8 Å². The number of nitrogens with zero attached hydrogens (tertiary/aromatic N) is 1. The molecule has 1 aliphatic rings. The molecule has 0 heterocycles. The summed E-state index contributed by atoms with van der Waals surface area (Å²) in [6, 6.07) is 4.90. The van der Waals surface area contributed by atoms with Gasteiger partial charge >= 0.3 is 0 Å². The molecular formula is C13H15BrClNO2. The molecule has 0 radical (unpaired) electrons. The first-order valence-electron chi connectivity index (χ1n) is 6.15. The van der Waals surface area contributed by atoms with Gasteiger partial charge in [-0.25, -0.2) is 0 Å². The third-order valence-corrected chi connectivity index (χ3v) is 5.13. The largest absolute Gasteiger partial charge is 0.274 e. The van der Waals surface area contributed by atoms with Crippen LogP contribution in [0.5, 0.6) is 0 Å². The van der Waals surface area contributed by atoms with Crippen molar-refractivity contribution in [3.8, 4) is 0 Å². The molecule has 18 heavy (non-hydrogen) atoms. The number of halogens is 2. The van der Waals surface area contributed by atoms with Gasteiger partial charge in [0.2, 0.25) is 0 Å². The van der Waals surface area contributed by atoms with Crippen LogP contribution in [0, 0.1) is 16.0 Å². The number of benzene rings is 1. The number of hydrogen-bond donors (Lipinski definition) is 0. The number of nitro benzene ring substituents is 1. The van der Waals surface area contributed by atoms with E-state index in [4.69, 9.17) is 11.6 Å². The molecule has 3 nitrogen and oxygen atoms in total. The van der Waals surface area contributed by atoms with Gasteiger partial charge in [-0.1, -0.05) is 46.4 Å². The van der Waals surface area contributed by atoms with Gasteiger partial charge in [-0.15, -0.1) is 0 Å². The van der Waals surface area contributed by atoms with E-state index >= 15 is 0 Å².